The quantitative estimate of drug-likeness (QED) is 0.828. The van der Waals surface area contributed by atoms with Gasteiger partial charge in [-0.15, -0.1) is 0 Å². The standard InChI is InChI=1S/C16H17ClN4O3/c1-20-9-12(14(22)19-16(20)24)15(23)21-6-5-18-8-13(21)10-3-2-4-11(17)7-10/h2-4,7,9,13,18H,5-6,8H2,1H3,(H,19,22,24). The van der Waals surface area contributed by atoms with Gasteiger partial charge in [0.2, 0.25) is 0 Å². The molecule has 2 aromatic rings. The molecule has 0 saturated carbocycles. The molecule has 24 heavy (non-hydrogen) atoms. The monoisotopic (exact) mass is 348 g/mol. The first-order valence-corrected chi connectivity index (χ1v) is 7.92. The number of aryl methyl sites for hydroxylation is 1. The van der Waals surface area contributed by atoms with Crippen molar-refractivity contribution in [1.82, 2.24) is 19.8 Å². The Kier molecular flexibility index (Phi) is 4.55. The Morgan fingerprint density at radius 3 is 2.88 bits per heavy atom. The van der Waals surface area contributed by atoms with E-state index in [1.165, 1.54) is 17.8 Å². The molecule has 126 valence electrons. The van der Waals surface area contributed by atoms with Crippen molar-refractivity contribution in [1.29, 1.82) is 0 Å². The lowest BCUT2D eigenvalue weighted by Crippen LogP contribution is -2.50. The van der Waals surface area contributed by atoms with Gasteiger partial charge in [0.25, 0.3) is 11.5 Å². The summed E-state index contributed by atoms with van der Waals surface area (Å²) >= 11 is 6.05. The average molecular weight is 349 g/mol. The number of aromatic amines is 1. The van der Waals surface area contributed by atoms with Crippen molar-refractivity contribution in [2.45, 2.75) is 6.04 Å². The minimum Gasteiger partial charge on any atom is -0.329 e. The molecule has 0 radical (unpaired) electrons. The van der Waals surface area contributed by atoms with Gasteiger partial charge >= 0.3 is 5.69 Å². The minimum absolute atomic E-state index is 0.0500. The Hall–Kier alpha value is -2.38. The second-order valence-corrected chi connectivity index (χ2v) is 6.12. The van der Waals surface area contributed by atoms with Crippen LogP contribution in [0.4, 0.5) is 0 Å². The largest absolute Gasteiger partial charge is 0.329 e. The normalized spacial score (nSPS) is 17.8. The van der Waals surface area contributed by atoms with Crippen molar-refractivity contribution in [3.05, 3.63) is 67.4 Å². The van der Waals surface area contributed by atoms with Crippen LogP contribution in [0.25, 0.3) is 0 Å². The number of nitrogens with one attached hydrogen (secondary N) is 2. The van der Waals surface area contributed by atoms with Crippen molar-refractivity contribution in [3.63, 3.8) is 0 Å². The summed E-state index contributed by atoms with van der Waals surface area (Å²) in [7, 11) is 1.49. The molecule has 2 heterocycles. The van der Waals surface area contributed by atoms with E-state index in [9.17, 15) is 14.4 Å². The van der Waals surface area contributed by atoms with Crippen LogP contribution in [0.2, 0.25) is 5.02 Å². The van der Waals surface area contributed by atoms with E-state index in [1.54, 1.807) is 11.0 Å². The van der Waals surface area contributed by atoms with Crippen LogP contribution in [0.1, 0.15) is 22.0 Å². The highest BCUT2D eigenvalue weighted by Crippen LogP contribution is 2.25. The Labute approximate surface area is 142 Å². The molecule has 1 aliphatic rings. The van der Waals surface area contributed by atoms with Crippen LogP contribution in [-0.4, -0.2) is 40.0 Å². The van der Waals surface area contributed by atoms with Gasteiger partial charge in [0.1, 0.15) is 5.56 Å². The Morgan fingerprint density at radius 2 is 2.12 bits per heavy atom. The fraction of sp³-hybridized carbons (Fsp3) is 0.312. The summed E-state index contributed by atoms with van der Waals surface area (Å²) < 4.78 is 1.19. The van der Waals surface area contributed by atoms with Gasteiger partial charge in [0.15, 0.2) is 0 Å². The van der Waals surface area contributed by atoms with Crippen molar-refractivity contribution in [2.75, 3.05) is 19.6 Å². The van der Waals surface area contributed by atoms with Gasteiger partial charge in [-0.05, 0) is 17.7 Å². The molecule has 7 nitrogen and oxygen atoms in total. The molecule has 3 rings (SSSR count). The predicted octanol–water partition coefficient (Wildman–Crippen LogP) is 0.514. The van der Waals surface area contributed by atoms with Crippen LogP contribution in [0.5, 0.6) is 0 Å². The molecule has 1 aromatic heterocycles. The first-order chi connectivity index (χ1) is 11.5. The highest BCUT2D eigenvalue weighted by atomic mass is 35.5. The summed E-state index contributed by atoms with van der Waals surface area (Å²) in [5, 5.41) is 3.83. The average Bonchev–Trinajstić information content (AvgIpc) is 2.57. The van der Waals surface area contributed by atoms with Gasteiger partial charge in [-0.1, -0.05) is 23.7 Å². The van der Waals surface area contributed by atoms with E-state index in [4.69, 9.17) is 11.6 Å². The second kappa shape index (κ2) is 6.62. The zero-order valence-corrected chi connectivity index (χ0v) is 13.8. The molecule has 1 saturated heterocycles. The molecule has 1 atom stereocenters. The Balaban J connectivity index is 1.99. The molecule has 1 unspecified atom stereocenters. The second-order valence-electron chi connectivity index (χ2n) is 5.69. The summed E-state index contributed by atoms with van der Waals surface area (Å²) in [5.41, 5.74) is -0.384. The number of piperazine rings is 1. The number of carbonyl (C=O) groups is 1. The lowest BCUT2D eigenvalue weighted by molar-refractivity contribution is 0.0631. The number of carbonyl (C=O) groups excluding carboxylic acids is 1. The number of amides is 1. The van der Waals surface area contributed by atoms with Gasteiger partial charge in [0, 0.05) is 37.9 Å². The van der Waals surface area contributed by atoms with E-state index < -0.39 is 17.2 Å². The van der Waals surface area contributed by atoms with Crippen LogP contribution in [0.3, 0.4) is 0 Å². The van der Waals surface area contributed by atoms with Gasteiger partial charge in [0.05, 0.1) is 6.04 Å². The molecule has 8 heteroatoms. The van der Waals surface area contributed by atoms with Crippen molar-refractivity contribution in [3.8, 4) is 0 Å². The maximum Gasteiger partial charge on any atom is 0.328 e. The van der Waals surface area contributed by atoms with Crippen LogP contribution in [0.15, 0.2) is 40.1 Å². The number of aromatic nitrogens is 2. The smallest absolute Gasteiger partial charge is 0.328 e. The molecule has 0 spiro atoms. The van der Waals surface area contributed by atoms with Gasteiger partial charge < -0.3 is 14.8 Å². The van der Waals surface area contributed by atoms with Crippen LogP contribution in [-0.2, 0) is 7.05 Å². The van der Waals surface area contributed by atoms with Gasteiger partial charge in [-0.25, -0.2) is 4.79 Å². The Bertz CT molecular complexity index is 889. The summed E-state index contributed by atoms with van der Waals surface area (Å²) in [6, 6.07) is 7.07. The van der Waals surface area contributed by atoms with E-state index in [-0.39, 0.29) is 11.6 Å². The minimum atomic E-state index is -0.675. The third-order valence-electron chi connectivity index (χ3n) is 4.08. The highest BCUT2D eigenvalue weighted by molar-refractivity contribution is 6.30. The molecule has 1 amide bonds. The van der Waals surface area contributed by atoms with Gasteiger partial charge in [-0.2, -0.15) is 0 Å². The van der Waals surface area contributed by atoms with Crippen molar-refractivity contribution < 1.29 is 4.79 Å². The number of halogens is 1. The van der Waals surface area contributed by atoms with E-state index in [1.807, 2.05) is 18.2 Å². The third kappa shape index (κ3) is 3.13. The van der Waals surface area contributed by atoms with E-state index in [2.05, 4.69) is 10.3 Å². The zero-order valence-electron chi connectivity index (χ0n) is 13.1. The van der Waals surface area contributed by atoms with E-state index in [0.29, 0.717) is 24.7 Å². The summed E-state index contributed by atoms with van der Waals surface area (Å²) in [6.07, 6.45) is 1.28. The fourth-order valence-corrected chi connectivity index (χ4v) is 3.03. The van der Waals surface area contributed by atoms with Crippen LogP contribution < -0.4 is 16.6 Å². The lowest BCUT2D eigenvalue weighted by Gasteiger charge is -2.36. The molecular weight excluding hydrogens is 332 g/mol. The first kappa shape index (κ1) is 16.5. The molecule has 0 bridgehead atoms. The highest BCUT2D eigenvalue weighted by Gasteiger charge is 2.30. The van der Waals surface area contributed by atoms with Crippen LogP contribution in [0, 0.1) is 0 Å². The third-order valence-corrected chi connectivity index (χ3v) is 4.31. The number of nitrogens with zero attached hydrogens (tertiary/aromatic N) is 2. The maximum atomic E-state index is 12.9. The predicted molar refractivity (Wildman–Crippen MR) is 90.4 cm³/mol. The molecule has 0 aliphatic carbocycles. The summed E-state index contributed by atoms with van der Waals surface area (Å²) in [5.74, 6) is -0.404. The number of benzene rings is 1. The maximum absolute atomic E-state index is 12.9. The topological polar surface area (TPSA) is 87.2 Å². The fourth-order valence-electron chi connectivity index (χ4n) is 2.83. The number of H-pyrrole nitrogens is 1. The molecular formula is C16H17ClN4O3. The lowest BCUT2D eigenvalue weighted by atomic mass is 10.0. The van der Waals surface area contributed by atoms with Crippen molar-refractivity contribution in [2.24, 2.45) is 7.05 Å². The molecule has 1 aromatic carbocycles. The number of hydrogen-bond donors (Lipinski definition) is 2. The van der Waals surface area contributed by atoms with Crippen molar-refractivity contribution >= 4 is 17.5 Å². The van der Waals surface area contributed by atoms with E-state index >= 15 is 0 Å². The molecule has 1 aliphatic heterocycles. The van der Waals surface area contributed by atoms with E-state index in [0.717, 1.165) is 5.56 Å². The SMILES string of the molecule is Cn1cc(C(=O)N2CCNCC2c2cccc(Cl)c2)c(=O)[nH]c1=O. The molecule has 2 N–H and O–H groups in total. The van der Waals surface area contributed by atoms with Crippen LogP contribution >= 0.6 is 11.6 Å². The molecule has 1 fully saturated rings. The number of rotatable bonds is 2. The first-order valence-electron chi connectivity index (χ1n) is 7.54. The number of hydrogen-bond acceptors (Lipinski definition) is 4. The Morgan fingerprint density at radius 1 is 1.33 bits per heavy atom. The summed E-state index contributed by atoms with van der Waals surface area (Å²) in [4.78, 5) is 40.2. The summed E-state index contributed by atoms with van der Waals surface area (Å²) in [6.45, 7) is 1.65. The van der Waals surface area contributed by atoms with Gasteiger partial charge in [-0.3, -0.25) is 14.6 Å². The zero-order chi connectivity index (χ0) is 17.3.